The lowest BCUT2D eigenvalue weighted by molar-refractivity contribution is -0.143. The molecule has 142 valence electrons. The summed E-state index contributed by atoms with van der Waals surface area (Å²) in [5.41, 5.74) is 2.53. The van der Waals surface area contributed by atoms with Crippen LogP contribution >= 0.6 is 0 Å². The molecule has 27 heavy (non-hydrogen) atoms. The van der Waals surface area contributed by atoms with Crippen LogP contribution in [0.3, 0.4) is 0 Å². The molecule has 0 aliphatic rings. The normalized spacial score (nSPS) is 11.8. The van der Waals surface area contributed by atoms with Gasteiger partial charge in [-0.3, -0.25) is 0 Å². The standard InChI is InChI=1S/C21H23NO5/c1-26-20(24)19(14-18-11-6-5-10-17(18)12-7-13-23)22-21(25)27-15-16-8-3-2-4-9-16/h2-12,19,23H,13-15H2,1H3,(H,22,25)/b12-7-. The average molecular weight is 369 g/mol. The molecule has 0 aliphatic carbocycles. The highest BCUT2D eigenvalue weighted by molar-refractivity contribution is 5.81. The van der Waals surface area contributed by atoms with Gasteiger partial charge in [0.1, 0.15) is 12.6 Å². The van der Waals surface area contributed by atoms with E-state index in [1.165, 1.54) is 7.11 Å². The molecule has 0 bridgehead atoms. The second-order valence-corrected chi connectivity index (χ2v) is 5.77. The Labute approximate surface area is 158 Å². The van der Waals surface area contributed by atoms with E-state index in [2.05, 4.69) is 5.32 Å². The summed E-state index contributed by atoms with van der Waals surface area (Å²) in [6.45, 7) is 0.0230. The largest absolute Gasteiger partial charge is 0.467 e. The number of aliphatic hydroxyl groups is 1. The van der Waals surface area contributed by atoms with Crippen LogP contribution in [-0.4, -0.2) is 36.9 Å². The van der Waals surface area contributed by atoms with Gasteiger partial charge in [-0.2, -0.15) is 0 Å². The second-order valence-electron chi connectivity index (χ2n) is 5.77. The molecule has 6 heteroatoms. The first-order valence-electron chi connectivity index (χ1n) is 8.54. The molecule has 2 aromatic carbocycles. The van der Waals surface area contributed by atoms with Crippen LogP contribution in [0.2, 0.25) is 0 Å². The Morgan fingerprint density at radius 2 is 1.81 bits per heavy atom. The van der Waals surface area contributed by atoms with Crippen molar-refractivity contribution in [1.82, 2.24) is 5.32 Å². The molecular formula is C21H23NO5. The van der Waals surface area contributed by atoms with Gasteiger partial charge in [0, 0.05) is 6.42 Å². The van der Waals surface area contributed by atoms with Gasteiger partial charge in [-0.05, 0) is 16.7 Å². The molecule has 1 amide bonds. The van der Waals surface area contributed by atoms with Crippen LogP contribution < -0.4 is 5.32 Å². The Kier molecular flexibility index (Phi) is 8.06. The van der Waals surface area contributed by atoms with E-state index in [1.807, 2.05) is 54.6 Å². The summed E-state index contributed by atoms with van der Waals surface area (Å²) in [4.78, 5) is 24.2. The number of rotatable bonds is 8. The Morgan fingerprint density at radius 1 is 1.11 bits per heavy atom. The van der Waals surface area contributed by atoms with E-state index >= 15 is 0 Å². The minimum Gasteiger partial charge on any atom is -0.467 e. The van der Waals surface area contributed by atoms with E-state index in [9.17, 15) is 9.59 Å². The minimum absolute atomic E-state index is 0.0845. The highest BCUT2D eigenvalue weighted by Crippen LogP contribution is 2.14. The maximum Gasteiger partial charge on any atom is 0.408 e. The minimum atomic E-state index is -0.887. The molecule has 0 aromatic heterocycles. The molecule has 0 heterocycles. The molecule has 2 aromatic rings. The van der Waals surface area contributed by atoms with Gasteiger partial charge >= 0.3 is 12.1 Å². The smallest absolute Gasteiger partial charge is 0.408 e. The molecule has 0 radical (unpaired) electrons. The van der Waals surface area contributed by atoms with Crippen molar-refractivity contribution in [2.45, 2.75) is 19.1 Å². The number of methoxy groups -OCH3 is 1. The van der Waals surface area contributed by atoms with Crippen LogP contribution in [0.4, 0.5) is 4.79 Å². The van der Waals surface area contributed by atoms with Crippen molar-refractivity contribution >= 4 is 18.1 Å². The van der Waals surface area contributed by atoms with Crippen molar-refractivity contribution in [1.29, 1.82) is 0 Å². The zero-order chi connectivity index (χ0) is 19.5. The average Bonchev–Trinajstić information content (AvgIpc) is 2.71. The summed E-state index contributed by atoms with van der Waals surface area (Å²) in [6, 6.07) is 15.8. The lowest BCUT2D eigenvalue weighted by atomic mass is 10.00. The van der Waals surface area contributed by atoms with Crippen LogP contribution in [0.15, 0.2) is 60.7 Å². The molecule has 6 nitrogen and oxygen atoms in total. The lowest BCUT2D eigenvalue weighted by Gasteiger charge is -2.17. The molecule has 1 atom stereocenters. The quantitative estimate of drug-likeness (QED) is 0.699. The fourth-order valence-electron chi connectivity index (χ4n) is 2.52. The molecule has 0 saturated heterocycles. The third kappa shape index (κ3) is 6.60. The van der Waals surface area contributed by atoms with Gasteiger partial charge in [0.05, 0.1) is 13.7 Å². The van der Waals surface area contributed by atoms with Crippen LogP contribution in [0.1, 0.15) is 16.7 Å². The van der Waals surface area contributed by atoms with E-state index < -0.39 is 18.1 Å². The zero-order valence-electron chi connectivity index (χ0n) is 15.1. The maximum atomic E-state index is 12.1. The predicted molar refractivity (Wildman–Crippen MR) is 102 cm³/mol. The number of esters is 1. The molecule has 0 aliphatic heterocycles. The van der Waals surface area contributed by atoms with E-state index in [0.29, 0.717) is 0 Å². The second kappa shape index (κ2) is 10.8. The van der Waals surface area contributed by atoms with Crippen molar-refractivity contribution in [3.63, 3.8) is 0 Å². The number of carbonyl (C=O) groups is 2. The summed E-state index contributed by atoms with van der Waals surface area (Å²) in [5, 5.41) is 11.5. The van der Waals surface area contributed by atoms with Crippen LogP contribution in [-0.2, 0) is 27.3 Å². The van der Waals surface area contributed by atoms with Crippen LogP contribution in [0.25, 0.3) is 6.08 Å². The molecular weight excluding hydrogens is 346 g/mol. The highest BCUT2D eigenvalue weighted by atomic mass is 16.6. The summed E-state index contributed by atoms with van der Waals surface area (Å²) in [7, 11) is 1.27. The number of hydrogen-bond acceptors (Lipinski definition) is 5. The van der Waals surface area contributed by atoms with Crippen molar-refractivity contribution in [3.05, 3.63) is 77.4 Å². The molecule has 0 fully saturated rings. The van der Waals surface area contributed by atoms with Gasteiger partial charge in [-0.1, -0.05) is 66.7 Å². The summed E-state index contributed by atoms with van der Waals surface area (Å²) in [6.07, 6.45) is 2.90. The first-order chi connectivity index (χ1) is 13.1. The third-order valence-electron chi connectivity index (χ3n) is 3.87. The number of hydrogen-bond donors (Lipinski definition) is 2. The maximum absolute atomic E-state index is 12.1. The van der Waals surface area contributed by atoms with Crippen molar-refractivity contribution in [3.8, 4) is 0 Å². The van der Waals surface area contributed by atoms with Gasteiger partial charge in [-0.15, -0.1) is 0 Å². The van der Waals surface area contributed by atoms with E-state index in [-0.39, 0.29) is 19.6 Å². The number of benzene rings is 2. The fourth-order valence-corrected chi connectivity index (χ4v) is 2.52. The number of alkyl carbamates (subject to hydrolysis) is 1. The van der Waals surface area contributed by atoms with Crippen molar-refractivity contribution < 1.29 is 24.2 Å². The van der Waals surface area contributed by atoms with Gasteiger partial charge in [0.25, 0.3) is 0 Å². The summed E-state index contributed by atoms with van der Waals surface area (Å²) < 4.78 is 9.98. The zero-order valence-corrected chi connectivity index (χ0v) is 15.1. The first-order valence-corrected chi connectivity index (χ1v) is 8.54. The Hall–Kier alpha value is -3.12. The van der Waals surface area contributed by atoms with E-state index in [1.54, 1.807) is 12.2 Å². The van der Waals surface area contributed by atoms with E-state index in [4.69, 9.17) is 14.6 Å². The number of carbonyl (C=O) groups excluding carboxylic acids is 2. The highest BCUT2D eigenvalue weighted by Gasteiger charge is 2.23. The third-order valence-corrected chi connectivity index (χ3v) is 3.87. The number of amides is 1. The summed E-state index contributed by atoms with van der Waals surface area (Å²) >= 11 is 0. The Bertz CT molecular complexity index is 773. The Balaban J connectivity index is 2.04. The molecule has 1 unspecified atom stereocenters. The Morgan fingerprint density at radius 3 is 2.52 bits per heavy atom. The van der Waals surface area contributed by atoms with Crippen molar-refractivity contribution in [2.75, 3.05) is 13.7 Å². The van der Waals surface area contributed by atoms with Gasteiger partial charge in [0.2, 0.25) is 0 Å². The molecule has 2 N–H and O–H groups in total. The first kappa shape index (κ1) is 20.2. The fraction of sp³-hybridized carbons (Fsp3) is 0.238. The van der Waals surface area contributed by atoms with Gasteiger partial charge < -0.3 is 19.9 Å². The molecule has 0 saturated carbocycles. The van der Waals surface area contributed by atoms with Crippen molar-refractivity contribution in [2.24, 2.45) is 0 Å². The van der Waals surface area contributed by atoms with Gasteiger partial charge in [-0.25, -0.2) is 9.59 Å². The number of ether oxygens (including phenoxy) is 2. The SMILES string of the molecule is COC(=O)C(Cc1ccccc1/C=C\CO)NC(=O)OCc1ccccc1. The molecule has 2 rings (SSSR count). The number of aliphatic hydroxyl groups excluding tert-OH is 1. The monoisotopic (exact) mass is 369 g/mol. The molecule has 0 spiro atoms. The number of nitrogens with one attached hydrogen (secondary N) is 1. The predicted octanol–water partition coefficient (Wildman–Crippen LogP) is 2.70. The lowest BCUT2D eigenvalue weighted by Crippen LogP contribution is -2.43. The summed E-state index contributed by atoms with van der Waals surface area (Å²) in [5.74, 6) is -0.562. The topological polar surface area (TPSA) is 84.9 Å². The van der Waals surface area contributed by atoms with E-state index in [0.717, 1.165) is 16.7 Å². The van der Waals surface area contributed by atoms with Crippen LogP contribution in [0, 0.1) is 0 Å². The van der Waals surface area contributed by atoms with Gasteiger partial charge in [0.15, 0.2) is 0 Å². The van der Waals surface area contributed by atoms with Crippen LogP contribution in [0.5, 0.6) is 0 Å².